The Morgan fingerprint density at radius 1 is 1.15 bits per heavy atom. The average molecular weight is 293 g/mol. The smallest absolute Gasteiger partial charge is 0.141 e. The molecule has 0 amide bonds. The predicted octanol–water partition coefficient (Wildman–Crippen LogP) is 3.84. The van der Waals surface area contributed by atoms with E-state index in [1.807, 2.05) is 18.2 Å². The first kappa shape index (κ1) is 14.5. The van der Waals surface area contributed by atoms with Crippen molar-refractivity contribution >= 4 is 17.4 Å². The number of benzene rings is 2. The van der Waals surface area contributed by atoms with Gasteiger partial charge in [0.05, 0.1) is 7.11 Å². The van der Waals surface area contributed by atoms with Crippen LogP contribution in [-0.2, 0) is 17.6 Å². The van der Waals surface area contributed by atoms with Gasteiger partial charge < -0.3 is 4.74 Å². The molecule has 0 aliphatic rings. The largest absolute Gasteiger partial charge is 0.496 e. The van der Waals surface area contributed by atoms with Gasteiger partial charge in [0.25, 0.3) is 0 Å². The Kier molecular flexibility index (Phi) is 4.74. The van der Waals surface area contributed by atoms with Gasteiger partial charge in [-0.05, 0) is 18.2 Å². The summed E-state index contributed by atoms with van der Waals surface area (Å²) in [6.45, 7) is 0. The zero-order valence-electron chi connectivity index (χ0n) is 11.0. The molecule has 0 fully saturated rings. The number of rotatable bonds is 5. The Morgan fingerprint density at radius 2 is 1.90 bits per heavy atom. The van der Waals surface area contributed by atoms with E-state index in [0.29, 0.717) is 5.75 Å². The Hall–Kier alpha value is -1.87. The zero-order chi connectivity index (χ0) is 14.5. The van der Waals surface area contributed by atoms with Crippen LogP contribution in [0.3, 0.4) is 0 Å². The molecule has 0 aromatic heterocycles. The highest BCUT2D eigenvalue weighted by Gasteiger charge is 2.14. The van der Waals surface area contributed by atoms with Crippen molar-refractivity contribution in [1.82, 2.24) is 0 Å². The molecule has 4 heteroatoms. The molecule has 2 aromatic carbocycles. The molecular formula is C16H14ClFO2. The lowest BCUT2D eigenvalue weighted by molar-refractivity contribution is -0.117. The summed E-state index contributed by atoms with van der Waals surface area (Å²) in [5.74, 6) is 0.0906. The Labute approximate surface area is 122 Å². The van der Waals surface area contributed by atoms with Gasteiger partial charge in [-0.25, -0.2) is 4.39 Å². The summed E-state index contributed by atoms with van der Waals surface area (Å²) >= 11 is 5.92. The average Bonchev–Trinajstić information content (AvgIpc) is 2.44. The van der Waals surface area contributed by atoms with Crippen LogP contribution in [0.25, 0.3) is 0 Å². The first-order chi connectivity index (χ1) is 9.61. The topological polar surface area (TPSA) is 26.3 Å². The second kappa shape index (κ2) is 6.53. The fourth-order valence-electron chi connectivity index (χ4n) is 2.02. The van der Waals surface area contributed by atoms with Crippen molar-refractivity contribution in [3.8, 4) is 5.75 Å². The molecule has 0 spiro atoms. The van der Waals surface area contributed by atoms with E-state index in [4.69, 9.17) is 16.3 Å². The summed E-state index contributed by atoms with van der Waals surface area (Å²) in [6.07, 6.45) is 0.165. The molecule has 0 bridgehead atoms. The van der Waals surface area contributed by atoms with Gasteiger partial charge in [-0.2, -0.15) is 0 Å². The lowest BCUT2D eigenvalue weighted by atomic mass is 10.0. The van der Waals surface area contributed by atoms with Crippen LogP contribution in [0.5, 0.6) is 5.75 Å². The number of hydrogen-bond donors (Lipinski definition) is 0. The highest BCUT2D eigenvalue weighted by molar-refractivity contribution is 6.31. The third kappa shape index (κ3) is 3.36. The zero-order valence-corrected chi connectivity index (χ0v) is 11.8. The quantitative estimate of drug-likeness (QED) is 0.837. The van der Waals surface area contributed by atoms with Crippen molar-refractivity contribution in [3.05, 3.63) is 64.4 Å². The molecule has 0 saturated heterocycles. The van der Waals surface area contributed by atoms with Gasteiger partial charge in [-0.1, -0.05) is 35.9 Å². The summed E-state index contributed by atoms with van der Waals surface area (Å²) < 4.78 is 18.8. The van der Waals surface area contributed by atoms with E-state index >= 15 is 0 Å². The number of methoxy groups -OCH3 is 1. The maximum atomic E-state index is 13.6. The van der Waals surface area contributed by atoms with Crippen molar-refractivity contribution in [2.75, 3.05) is 7.11 Å². The maximum absolute atomic E-state index is 13.6. The van der Waals surface area contributed by atoms with E-state index in [1.165, 1.54) is 12.1 Å². The molecule has 2 aromatic rings. The van der Waals surface area contributed by atoms with Crippen LogP contribution in [0.2, 0.25) is 5.02 Å². The molecule has 0 atom stereocenters. The molecular weight excluding hydrogens is 279 g/mol. The molecule has 0 unspecified atom stereocenters. The number of ether oxygens (including phenoxy) is 1. The minimum Gasteiger partial charge on any atom is -0.496 e. The molecule has 104 valence electrons. The third-order valence-corrected chi connectivity index (χ3v) is 3.37. The van der Waals surface area contributed by atoms with Crippen molar-refractivity contribution in [3.63, 3.8) is 0 Å². The van der Waals surface area contributed by atoms with Gasteiger partial charge in [-0.3, -0.25) is 4.79 Å². The van der Waals surface area contributed by atoms with Crippen LogP contribution in [0.15, 0.2) is 42.5 Å². The molecule has 0 aliphatic heterocycles. The van der Waals surface area contributed by atoms with Crippen LogP contribution in [0.4, 0.5) is 4.39 Å². The minimum atomic E-state index is -0.453. The van der Waals surface area contributed by atoms with Crippen LogP contribution in [0.1, 0.15) is 11.1 Å². The molecule has 0 aliphatic carbocycles. The lowest BCUT2D eigenvalue weighted by Gasteiger charge is -2.08. The molecule has 20 heavy (non-hydrogen) atoms. The van der Waals surface area contributed by atoms with Gasteiger partial charge in [0.15, 0.2) is 0 Å². The van der Waals surface area contributed by atoms with Gasteiger partial charge in [0.2, 0.25) is 0 Å². The first-order valence-electron chi connectivity index (χ1n) is 6.18. The standard InChI is InChI=1S/C16H14ClFO2/c1-20-16-8-3-2-5-11(16)9-12(19)10-13-14(17)6-4-7-15(13)18/h2-8H,9-10H2,1H3. The van der Waals surface area contributed by atoms with Crippen molar-refractivity contribution in [1.29, 1.82) is 0 Å². The Morgan fingerprint density at radius 3 is 2.60 bits per heavy atom. The third-order valence-electron chi connectivity index (χ3n) is 3.02. The van der Waals surface area contributed by atoms with E-state index in [9.17, 15) is 9.18 Å². The van der Waals surface area contributed by atoms with Crippen LogP contribution >= 0.6 is 11.6 Å². The number of para-hydroxylation sites is 1. The summed E-state index contributed by atoms with van der Waals surface area (Å²) in [5.41, 5.74) is 1.03. The Bertz CT molecular complexity index is 605. The van der Waals surface area contributed by atoms with Crippen molar-refractivity contribution in [2.24, 2.45) is 0 Å². The van der Waals surface area contributed by atoms with Crippen molar-refractivity contribution < 1.29 is 13.9 Å². The number of halogens is 2. The van der Waals surface area contributed by atoms with E-state index in [2.05, 4.69) is 0 Å². The second-order valence-corrected chi connectivity index (χ2v) is 4.81. The van der Waals surface area contributed by atoms with E-state index < -0.39 is 5.82 Å². The number of carbonyl (C=O) groups excluding carboxylic acids is 1. The van der Waals surface area contributed by atoms with Gasteiger partial charge in [-0.15, -0.1) is 0 Å². The molecule has 2 rings (SSSR count). The molecule has 0 N–H and O–H groups in total. The normalized spacial score (nSPS) is 10.3. The Balaban J connectivity index is 2.13. The summed E-state index contributed by atoms with van der Waals surface area (Å²) in [5, 5.41) is 0.276. The van der Waals surface area contributed by atoms with Gasteiger partial charge >= 0.3 is 0 Å². The highest BCUT2D eigenvalue weighted by atomic mass is 35.5. The fraction of sp³-hybridized carbons (Fsp3) is 0.188. The van der Waals surface area contributed by atoms with E-state index in [1.54, 1.807) is 19.2 Å². The molecule has 0 heterocycles. The number of ketones is 1. The predicted molar refractivity (Wildman–Crippen MR) is 76.8 cm³/mol. The summed E-state index contributed by atoms with van der Waals surface area (Å²) in [4.78, 5) is 12.1. The highest BCUT2D eigenvalue weighted by Crippen LogP contribution is 2.22. The molecule has 0 saturated carbocycles. The number of carbonyl (C=O) groups is 1. The van der Waals surface area contributed by atoms with E-state index in [-0.39, 0.29) is 29.2 Å². The number of hydrogen-bond acceptors (Lipinski definition) is 2. The lowest BCUT2D eigenvalue weighted by Crippen LogP contribution is -2.09. The van der Waals surface area contributed by atoms with Gasteiger partial charge in [0, 0.05) is 29.0 Å². The minimum absolute atomic E-state index is 0.0243. The summed E-state index contributed by atoms with van der Waals surface area (Å²) in [7, 11) is 1.55. The van der Waals surface area contributed by atoms with E-state index in [0.717, 1.165) is 5.56 Å². The molecule has 0 radical (unpaired) electrons. The second-order valence-electron chi connectivity index (χ2n) is 4.40. The van der Waals surface area contributed by atoms with Crippen LogP contribution in [0, 0.1) is 5.82 Å². The van der Waals surface area contributed by atoms with Crippen molar-refractivity contribution in [2.45, 2.75) is 12.8 Å². The monoisotopic (exact) mass is 292 g/mol. The van der Waals surface area contributed by atoms with Crippen LogP contribution < -0.4 is 4.74 Å². The molecule has 2 nitrogen and oxygen atoms in total. The summed E-state index contributed by atoms with van der Waals surface area (Å²) in [6, 6.07) is 11.7. The first-order valence-corrected chi connectivity index (χ1v) is 6.56. The van der Waals surface area contributed by atoms with Crippen LogP contribution in [-0.4, -0.2) is 12.9 Å². The maximum Gasteiger partial charge on any atom is 0.141 e. The fourth-order valence-corrected chi connectivity index (χ4v) is 2.25. The SMILES string of the molecule is COc1ccccc1CC(=O)Cc1c(F)cccc1Cl. The number of Topliss-reactive ketones (excluding diaryl/α,β-unsaturated/α-hetero) is 1. The van der Waals surface area contributed by atoms with Gasteiger partial charge in [0.1, 0.15) is 17.3 Å².